The molecule has 0 radical (unpaired) electrons. The average molecular weight is 314 g/mol. The molecule has 0 spiro atoms. The number of aromatic nitrogens is 1. The molecular formula is C5H5BrIN3. The molecule has 0 atom stereocenters. The van der Waals surface area contributed by atoms with Gasteiger partial charge in [0.15, 0.2) is 0 Å². The summed E-state index contributed by atoms with van der Waals surface area (Å²) in [6.45, 7) is 0. The van der Waals surface area contributed by atoms with Crippen LogP contribution in [0.25, 0.3) is 0 Å². The number of halogens is 2. The lowest BCUT2D eigenvalue weighted by Crippen LogP contribution is -1.98. The van der Waals surface area contributed by atoms with Crippen LogP contribution in [-0.2, 0) is 0 Å². The van der Waals surface area contributed by atoms with Crippen molar-refractivity contribution in [3.8, 4) is 0 Å². The molecule has 1 rings (SSSR count). The number of hydrogen-bond donors (Lipinski definition) is 2. The molecule has 10 heavy (non-hydrogen) atoms. The molecule has 1 heterocycles. The maximum atomic E-state index is 5.49. The number of hydrogen-bond acceptors (Lipinski definition) is 3. The zero-order valence-electron chi connectivity index (χ0n) is 4.94. The van der Waals surface area contributed by atoms with E-state index in [-0.39, 0.29) is 0 Å². The summed E-state index contributed by atoms with van der Waals surface area (Å²) in [5.41, 5.74) is 10.9. The molecule has 0 unspecified atom stereocenters. The van der Waals surface area contributed by atoms with Gasteiger partial charge in [-0.3, -0.25) is 0 Å². The summed E-state index contributed by atoms with van der Waals surface area (Å²) in [5, 5.41) is 0. The van der Waals surface area contributed by atoms with Crippen LogP contribution in [0.4, 0.5) is 11.6 Å². The lowest BCUT2D eigenvalue weighted by Gasteiger charge is -2.00. The normalized spacial score (nSPS) is 9.80. The first-order valence-electron chi connectivity index (χ1n) is 2.48. The molecular weight excluding hydrogens is 309 g/mol. The van der Waals surface area contributed by atoms with Gasteiger partial charge in [-0.1, -0.05) is 0 Å². The predicted molar refractivity (Wildman–Crippen MR) is 53.5 cm³/mol. The summed E-state index contributed by atoms with van der Waals surface area (Å²) >= 11 is 5.38. The Morgan fingerprint density at radius 1 is 1.50 bits per heavy atom. The van der Waals surface area contributed by atoms with E-state index in [2.05, 4.69) is 43.5 Å². The van der Waals surface area contributed by atoms with Gasteiger partial charge in [0, 0.05) is 4.47 Å². The van der Waals surface area contributed by atoms with Crippen LogP contribution in [0.15, 0.2) is 10.5 Å². The Morgan fingerprint density at radius 2 is 2.10 bits per heavy atom. The van der Waals surface area contributed by atoms with Crippen LogP contribution in [0, 0.1) is 3.57 Å². The minimum Gasteiger partial charge on any atom is -0.384 e. The van der Waals surface area contributed by atoms with Gasteiger partial charge in [-0.15, -0.1) is 0 Å². The number of anilines is 2. The molecule has 0 saturated heterocycles. The van der Waals surface area contributed by atoms with Crippen LogP contribution < -0.4 is 11.5 Å². The highest BCUT2D eigenvalue weighted by atomic mass is 127. The van der Waals surface area contributed by atoms with E-state index in [1.807, 2.05) is 0 Å². The van der Waals surface area contributed by atoms with Crippen molar-refractivity contribution in [2.75, 3.05) is 11.5 Å². The minimum atomic E-state index is 0.435. The van der Waals surface area contributed by atoms with Crippen molar-refractivity contribution in [3.63, 3.8) is 0 Å². The minimum absolute atomic E-state index is 0.435. The topological polar surface area (TPSA) is 64.9 Å². The maximum Gasteiger partial charge on any atom is 0.140 e. The molecule has 0 aromatic carbocycles. The summed E-state index contributed by atoms with van der Waals surface area (Å²) in [5.74, 6) is 0.900. The lowest BCUT2D eigenvalue weighted by atomic mass is 10.4. The quantitative estimate of drug-likeness (QED) is 0.715. The van der Waals surface area contributed by atoms with Gasteiger partial charge >= 0.3 is 0 Å². The van der Waals surface area contributed by atoms with Crippen molar-refractivity contribution in [3.05, 3.63) is 14.1 Å². The Kier molecular flexibility index (Phi) is 2.35. The highest BCUT2D eigenvalue weighted by Crippen LogP contribution is 2.24. The Balaban J connectivity index is 3.31. The summed E-state index contributed by atoms with van der Waals surface area (Å²) in [6, 6.07) is 1.72. The number of nitrogen functional groups attached to an aromatic ring is 2. The zero-order valence-corrected chi connectivity index (χ0v) is 8.68. The average Bonchev–Trinajstić information content (AvgIpc) is 1.82. The zero-order chi connectivity index (χ0) is 7.72. The lowest BCUT2D eigenvalue weighted by molar-refractivity contribution is 1.31. The van der Waals surface area contributed by atoms with Gasteiger partial charge in [0.2, 0.25) is 0 Å². The third-order valence-corrected chi connectivity index (χ3v) is 3.46. The third-order valence-electron chi connectivity index (χ3n) is 0.959. The van der Waals surface area contributed by atoms with Crippen LogP contribution >= 0.6 is 38.5 Å². The molecule has 1 aromatic heterocycles. The molecule has 4 N–H and O–H groups in total. The summed E-state index contributed by atoms with van der Waals surface area (Å²) < 4.78 is 1.78. The van der Waals surface area contributed by atoms with Crippen molar-refractivity contribution in [1.29, 1.82) is 0 Å². The van der Waals surface area contributed by atoms with E-state index in [0.29, 0.717) is 11.6 Å². The highest BCUT2D eigenvalue weighted by molar-refractivity contribution is 14.1. The molecule has 0 fully saturated rings. The monoisotopic (exact) mass is 313 g/mol. The number of nitrogens with two attached hydrogens (primary N) is 2. The molecule has 0 aliphatic carbocycles. The Bertz CT molecular complexity index is 240. The van der Waals surface area contributed by atoms with Gasteiger partial charge in [0.1, 0.15) is 11.6 Å². The Labute approximate surface area is 80.5 Å². The van der Waals surface area contributed by atoms with Crippen LogP contribution in [-0.4, -0.2) is 4.98 Å². The second-order valence-electron chi connectivity index (χ2n) is 1.73. The van der Waals surface area contributed by atoms with Gasteiger partial charge in [-0.05, 0) is 44.6 Å². The fourth-order valence-corrected chi connectivity index (χ4v) is 1.25. The molecule has 0 aliphatic heterocycles. The molecule has 3 nitrogen and oxygen atoms in total. The van der Waals surface area contributed by atoms with Crippen molar-refractivity contribution in [2.45, 2.75) is 0 Å². The van der Waals surface area contributed by atoms with Crippen LogP contribution in [0.2, 0.25) is 0 Å². The molecule has 0 saturated carbocycles. The Morgan fingerprint density at radius 3 is 2.60 bits per heavy atom. The summed E-state index contributed by atoms with van der Waals surface area (Å²) in [7, 11) is 0. The largest absolute Gasteiger partial charge is 0.384 e. The fraction of sp³-hybridized carbons (Fsp3) is 0. The third kappa shape index (κ3) is 1.51. The standard InChI is InChI=1S/C5H5BrIN3/c6-2-1-3(8)10-5(9)4(2)7/h1H,(H4,8,9,10). The first-order valence-corrected chi connectivity index (χ1v) is 4.35. The molecule has 0 bridgehead atoms. The molecule has 0 aliphatic rings. The summed E-state index contributed by atoms with van der Waals surface area (Å²) in [6.07, 6.45) is 0. The number of rotatable bonds is 0. The first kappa shape index (κ1) is 8.06. The fourth-order valence-electron chi connectivity index (χ4n) is 0.536. The second-order valence-corrected chi connectivity index (χ2v) is 3.66. The SMILES string of the molecule is Nc1cc(Br)c(I)c(N)n1. The van der Waals surface area contributed by atoms with E-state index < -0.39 is 0 Å². The van der Waals surface area contributed by atoms with Gasteiger partial charge in [0.05, 0.1) is 3.57 Å². The van der Waals surface area contributed by atoms with Crippen molar-refractivity contribution in [1.82, 2.24) is 4.98 Å². The van der Waals surface area contributed by atoms with Crippen molar-refractivity contribution in [2.24, 2.45) is 0 Å². The van der Waals surface area contributed by atoms with Gasteiger partial charge < -0.3 is 11.5 Å². The number of pyridine rings is 1. The van der Waals surface area contributed by atoms with E-state index in [0.717, 1.165) is 8.04 Å². The van der Waals surface area contributed by atoms with E-state index in [1.165, 1.54) is 0 Å². The van der Waals surface area contributed by atoms with Gasteiger partial charge in [0.25, 0.3) is 0 Å². The maximum absolute atomic E-state index is 5.49. The predicted octanol–water partition coefficient (Wildman–Crippen LogP) is 1.61. The smallest absolute Gasteiger partial charge is 0.140 e. The molecule has 0 amide bonds. The molecule has 1 aromatic rings. The van der Waals surface area contributed by atoms with Crippen LogP contribution in [0.1, 0.15) is 0 Å². The van der Waals surface area contributed by atoms with E-state index in [1.54, 1.807) is 6.07 Å². The van der Waals surface area contributed by atoms with E-state index >= 15 is 0 Å². The first-order chi connectivity index (χ1) is 4.61. The molecule has 54 valence electrons. The van der Waals surface area contributed by atoms with Gasteiger partial charge in [-0.25, -0.2) is 4.98 Å². The van der Waals surface area contributed by atoms with Crippen molar-refractivity contribution >= 4 is 50.2 Å². The highest BCUT2D eigenvalue weighted by Gasteiger charge is 2.02. The van der Waals surface area contributed by atoms with Gasteiger partial charge in [-0.2, -0.15) is 0 Å². The van der Waals surface area contributed by atoms with Crippen molar-refractivity contribution < 1.29 is 0 Å². The second kappa shape index (κ2) is 2.91. The van der Waals surface area contributed by atoms with Crippen LogP contribution in [0.3, 0.4) is 0 Å². The van der Waals surface area contributed by atoms with E-state index in [9.17, 15) is 0 Å². The van der Waals surface area contributed by atoms with E-state index in [4.69, 9.17) is 11.5 Å². The molecule has 5 heteroatoms. The summed E-state index contributed by atoms with van der Waals surface area (Å²) in [4.78, 5) is 3.85. The van der Waals surface area contributed by atoms with Crippen LogP contribution in [0.5, 0.6) is 0 Å². The number of nitrogens with zero attached hydrogens (tertiary/aromatic N) is 1. The Hall–Kier alpha value is -0.0400.